The van der Waals surface area contributed by atoms with Crippen LogP contribution in [-0.4, -0.2) is 32.4 Å². The first-order valence-electron chi connectivity index (χ1n) is 13.0. The molecule has 9 heteroatoms. The summed E-state index contributed by atoms with van der Waals surface area (Å²) < 4.78 is 0. The number of thiophene rings is 3. The summed E-state index contributed by atoms with van der Waals surface area (Å²) in [5, 5.41) is 37.9. The first-order chi connectivity index (χ1) is 19.8. The number of rotatable bonds is 12. The first-order valence-corrected chi connectivity index (χ1v) is 15.5. The van der Waals surface area contributed by atoms with Crippen LogP contribution < -0.4 is 0 Å². The van der Waals surface area contributed by atoms with E-state index in [4.69, 9.17) is 0 Å². The third kappa shape index (κ3) is 6.83. The van der Waals surface area contributed by atoms with Gasteiger partial charge in [0, 0.05) is 42.1 Å². The second-order valence-electron chi connectivity index (χ2n) is 9.60. The predicted molar refractivity (Wildman–Crippen MR) is 166 cm³/mol. The van der Waals surface area contributed by atoms with Gasteiger partial charge in [0.15, 0.2) is 0 Å². The van der Waals surface area contributed by atoms with Crippen LogP contribution >= 0.6 is 34.0 Å². The highest BCUT2D eigenvalue weighted by molar-refractivity contribution is 7.28. The quantitative estimate of drug-likeness (QED) is 0.117. The lowest BCUT2D eigenvalue weighted by Gasteiger charge is -2.01. The monoisotopic (exact) mass is 604 g/mol. The van der Waals surface area contributed by atoms with Gasteiger partial charge in [-0.2, -0.15) is 0 Å². The Hall–Kier alpha value is -3.60. The molecule has 41 heavy (non-hydrogen) atoms. The van der Waals surface area contributed by atoms with E-state index in [2.05, 4.69) is 24.3 Å². The van der Waals surface area contributed by atoms with E-state index in [-0.39, 0.29) is 26.1 Å². The molecule has 0 spiro atoms. The summed E-state index contributed by atoms with van der Waals surface area (Å²) >= 11 is 4.83. The number of aliphatic hydroxyl groups excluding tert-OH is 2. The molecule has 0 aliphatic rings. The van der Waals surface area contributed by atoms with Crippen LogP contribution in [0.15, 0.2) is 72.8 Å². The number of carbonyl (C=O) groups is 2. The predicted octanol–water partition coefficient (Wildman–Crippen LogP) is 7.56. The molecule has 3 heterocycles. The normalized spacial score (nSPS) is 11.2. The molecule has 0 radical (unpaired) electrons. The molecule has 0 amide bonds. The molecule has 0 aliphatic carbocycles. The summed E-state index contributed by atoms with van der Waals surface area (Å²) in [6.07, 6.45) is 0.863. The molecule has 3 aromatic heterocycles. The fourth-order valence-electron chi connectivity index (χ4n) is 4.64. The molecule has 210 valence electrons. The number of carboxylic acid groups (broad SMARTS) is 2. The summed E-state index contributed by atoms with van der Waals surface area (Å²) in [4.78, 5) is 28.9. The maximum atomic E-state index is 11.4. The Labute approximate surface area is 249 Å². The Kier molecular flexibility index (Phi) is 9.12. The van der Waals surface area contributed by atoms with Crippen molar-refractivity contribution >= 4 is 45.9 Å². The largest absolute Gasteiger partial charge is 0.481 e. The highest BCUT2D eigenvalue weighted by atomic mass is 32.1. The summed E-state index contributed by atoms with van der Waals surface area (Å²) in [5.41, 5.74) is 5.52. The fourth-order valence-corrected chi connectivity index (χ4v) is 8.35. The Bertz CT molecular complexity index is 1570. The molecular formula is C32H28O6S3. The van der Waals surface area contributed by atoms with Gasteiger partial charge in [-0.3, -0.25) is 9.59 Å². The van der Waals surface area contributed by atoms with E-state index in [1.807, 2.05) is 48.5 Å². The van der Waals surface area contributed by atoms with Gasteiger partial charge in [-0.25, -0.2) is 0 Å². The molecule has 5 aromatic rings. The van der Waals surface area contributed by atoms with Gasteiger partial charge in [-0.15, -0.1) is 34.0 Å². The molecule has 0 saturated heterocycles. The highest BCUT2D eigenvalue weighted by Crippen LogP contribution is 2.47. The molecule has 0 atom stereocenters. The Morgan fingerprint density at radius 2 is 1.00 bits per heavy atom. The Morgan fingerprint density at radius 3 is 1.39 bits per heavy atom. The molecule has 5 rings (SSSR count). The Balaban J connectivity index is 1.54. The molecule has 4 N–H and O–H groups in total. The maximum Gasteiger partial charge on any atom is 0.303 e. The number of hydrogen-bond donors (Lipinski definition) is 4. The van der Waals surface area contributed by atoms with E-state index >= 15 is 0 Å². The second-order valence-corrected chi connectivity index (χ2v) is 12.8. The van der Waals surface area contributed by atoms with Crippen LogP contribution in [-0.2, 0) is 35.6 Å². The zero-order chi connectivity index (χ0) is 28.9. The van der Waals surface area contributed by atoms with Gasteiger partial charge in [0.2, 0.25) is 0 Å². The average molecular weight is 605 g/mol. The van der Waals surface area contributed by atoms with Gasteiger partial charge in [0.25, 0.3) is 0 Å². The minimum atomic E-state index is -0.850. The molecule has 0 fully saturated rings. The van der Waals surface area contributed by atoms with Gasteiger partial charge >= 0.3 is 11.9 Å². The van der Waals surface area contributed by atoms with E-state index in [9.17, 15) is 30.0 Å². The number of aryl methyl sites for hydroxylation is 2. The van der Waals surface area contributed by atoms with Crippen LogP contribution in [0.25, 0.3) is 40.4 Å². The molecule has 0 bridgehead atoms. The minimum Gasteiger partial charge on any atom is -0.481 e. The van der Waals surface area contributed by atoms with Crippen molar-refractivity contribution in [2.45, 2.75) is 38.9 Å². The summed E-state index contributed by atoms with van der Waals surface area (Å²) in [6.45, 7) is -0.104. The molecule has 0 unspecified atom stereocenters. The van der Waals surface area contributed by atoms with Gasteiger partial charge in [-0.05, 0) is 82.6 Å². The van der Waals surface area contributed by atoms with E-state index in [1.54, 1.807) is 34.0 Å². The number of aliphatic hydroxyl groups is 2. The number of hydrogen-bond acceptors (Lipinski definition) is 7. The lowest BCUT2D eigenvalue weighted by atomic mass is 10.1. The molecule has 6 nitrogen and oxygen atoms in total. The van der Waals surface area contributed by atoms with Crippen molar-refractivity contribution in [3.05, 3.63) is 95.1 Å². The van der Waals surface area contributed by atoms with Gasteiger partial charge in [0.1, 0.15) is 0 Å². The van der Waals surface area contributed by atoms with E-state index in [0.29, 0.717) is 12.8 Å². The van der Waals surface area contributed by atoms with E-state index < -0.39 is 11.9 Å². The van der Waals surface area contributed by atoms with Crippen LogP contribution in [0.2, 0.25) is 0 Å². The number of aliphatic carboxylic acids is 2. The van der Waals surface area contributed by atoms with Gasteiger partial charge in [0.05, 0.1) is 13.2 Å². The fraction of sp³-hybridized carbons (Fsp3) is 0.188. The first kappa shape index (κ1) is 28.9. The average Bonchev–Trinajstić information content (AvgIpc) is 3.73. The molecular weight excluding hydrogens is 577 g/mol. The zero-order valence-electron chi connectivity index (χ0n) is 22.0. The number of benzene rings is 2. The molecule has 0 saturated carbocycles. The van der Waals surface area contributed by atoms with Crippen molar-refractivity contribution in [3.8, 4) is 40.4 Å². The summed E-state index contributed by atoms with van der Waals surface area (Å²) in [7, 11) is 0. The van der Waals surface area contributed by atoms with Gasteiger partial charge < -0.3 is 20.4 Å². The summed E-state index contributed by atoms with van der Waals surface area (Å²) in [6, 6.07) is 23.6. The smallest absolute Gasteiger partial charge is 0.303 e. The van der Waals surface area contributed by atoms with Crippen LogP contribution in [0.1, 0.15) is 35.1 Å². The SMILES string of the molecule is O=C(O)CCc1cc(-c2cccc(CO)c2)sc1-c1ccc(-c2sc(-c3cccc(CO)c3)cc2CCC(=O)O)s1. The van der Waals surface area contributed by atoms with Crippen molar-refractivity contribution in [3.63, 3.8) is 0 Å². The standard InChI is InChI=1S/C32H28O6S3/c33-17-19-3-1-5-21(13-19)27-15-23(7-11-29(35)36)31(40-27)25-9-10-26(39-25)32-24(8-12-30(37)38)16-28(41-32)22-6-2-4-20(14-22)18-34/h1-6,9-10,13-16,33-34H,7-8,11-12,17-18H2,(H,35,36)(H,37,38). The van der Waals surface area contributed by atoms with Crippen molar-refractivity contribution in [1.82, 2.24) is 0 Å². The van der Waals surface area contributed by atoms with Crippen molar-refractivity contribution in [2.24, 2.45) is 0 Å². The number of carboxylic acids is 2. The molecule has 0 aliphatic heterocycles. The third-order valence-corrected chi connectivity index (χ3v) is 10.6. The van der Waals surface area contributed by atoms with Crippen LogP contribution in [0.5, 0.6) is 0 Å². The lowest BCUT2D eigenvalue weighted by molar-refractivity contribution is -0.138. The van der Waals surface area contributed by atoms with Crippen LogP contribution in [0, 0.1) is 0 Å². The molecule has 2 aromatic carbocycles. The minimum absolute atomic E-state index is 0.0264. The second kappa shape index (κ2) is 12.9. The van der Waals surface area contributed by atoms with Crippen LogP contribution in [0.4, 0.5) is 0 Å². The van der Waals surface area contributed by atoms with Gasteiger partial charge in [-0.1, -0.05) is 36.4 Å². The van der Waals surface area contributed by atoms with Crippen LogP contribution in [0.3, 0.4) is 0 Å². The van der Waals surface area contributed by atoms with Crippen molar-refractivity contribution in [2.75, 3.05) is 0 Å². The van der Waals surface area contributed by atoms with Crippen molar-refractivity contribution in [1.29, 1.82) is 0 Å². The van der Waals surface area contributed by atoms with E-state index in [1.165, 1.54) is 0 Å². The maximum absolute atomic E-state index is 11.4. The van der Waals surface area contributed by atoms with E-state index in [0.717, 1.165) is 62.6 Å². The summed E-state index contributed by atoms with van der Waals surface area (Å²) in [5.74, 6) is -1.70. The van der Waals surface area contributed by atoms with Crippen molar-refractivity contribution < 1.29 is 30.0 Å². The zero-order valence-corrected chi connectivity index (χ0v) is 24.5. The Morgan fingerprint density at radius 1 is 0.561 bits per heavy atom. The third-order valence-electron chi connectivity index (χ3n) is 6.68. The topological polar surface area (TPSA) is 115 Å². The lowest BCUT2D eigenvalue weighted by Crippen LogP contribution is -1.97. The highest BCUT2D eigenvalue weighted by Gasteiger charge is 2.19.